The number of carbonyl (C=O) groups is 1. The van der Waals surface area contributed by atoms with Gasteiger partial charge in [-0.2, -0.15) is 10.4 Å². The summed E-state index contributed by atoms with van der Waals surface area (Å²) >= 11 is 3.11. The van der Waals surface area contributed by atoms with Crippen molar-refractivity contribution in [3.8, 4) is 6.07 Å². The van der Waals surface area contributed by atoms with Crippen LogP contribution in [0.25, 0.3) is 0 Å². The molecule has 0 fully saturated rings. The lowest BCUT2D eigenvalue weighted by Crippen LogP contribution is -2.32. The number of aryl methyl sites for hydroxylation is 2. The van der Waals surface area contributed by atoms with Crippen LogP contribution >= 0.6 is 15.9 Å². The number of hydrogen-bond acceptors (Lipinski definition) is 6. The molecule has 1 heterocycles. The molecule has 0 aliphatic carbocycles. The summed E-state index contributed by atoms with van der Waals surface area (Å²) < 4.78 is 29.0. The lowest BCUT2D eigenvalue weighted by molar-refractivity contribution is -0.119. The number of benzene rings is 1. The molecule has 24 heavy (non-hydrogen) atoms. The molecule has 0 saturated heterocycles. The molecule has 0 unspecified atom stereocenters. The highest BCUT2D eigenvalue weighted by molar-refractivity contribution is 9.10. The van der Waals surface area contributed by atoms with Crippen molar-refractivity contribution in [2.24, 2.45) is 7.05 Å². The van der Waals surface area contributed by atoms with Gasteiger partial charge in [-0.15, -0.1) is 0 Å². The van der Waals surface area contributed by atoms with Gasteiger partial charge in [-0.1, -0.05) is 15.9 Å². The summed E-state index contributed by atoms with van der Waals surface area (Å²) in [6, 6.07) is 5.72. The van der Waals surface area contributed by atoms with Crippen LogP contribution in [0.3, 0.4) is 0 Å². The maximum Gasteiger partial charge on any atom is 0.345 e. The van der Waals surface area contributed by atoms with E-state index in [2.05, 4.69) is 21.0 Å². The molecule has 0 saturated carbocycles. The lowest BCUT2D eigenvalue weighted by Gasteiger charge is -2.07. The second-order valence-electron chi connectivity index (χ2n) is 4.81. The quantitative estimate of drug-likeness (QED) is 0.740. The van der Waals surface area contributed by atoms with Gasteiger partial charge >= 0.3 is 5.69 Å². The van der Waals surface area contributed by atoms with E-state index in [1.54, 1.807) is 0 Å². The van der Waals surface area contributed by atoms with Crippen LogP contribution < -0.4 is 10.4 Å². The first-order chi connectivity index (χ1) is 11.2. The molecule has 1 aromatic carbocycles. The van der Waals surface area contributed by atoms with Crippen LogP contribution in [0.5, 0.6) is 0 Å². The third-order valence-electron chi connectivity index (χ3n) is 3.00. The molecule has 0 radical (unpaired) electrons. The minimum atomic E-state index is -4.12. The van der Waals surface area contributed by atoms with Crippen LogP contribution in [-0.2, 0) is 28.4 Å². The number of sulfonamides is 1. The van der Waals surface area contributed by atoms with Crippen LogP contribution in [0.15, 0.2) is 38.7 Å². The molecule has 0 atom stereocenters. The standard InChI is InChI=1S/C13H12BrN5O4S/c1-18-8-16-19(13(18)21)3-2-12(20)17-24(22,23)11-5-9(7-15)4-10(14)6-11/h4-6,8H,2-3H2,1H3,(H,17,20). The number of hydrogen-bond donors (Lipinski definition) is 1. The number of rotatable bonds is 5. The summed E-state index contributed by atoms with van der Waals surface area (Å²) in [6.45, 7) is -0.0526. The molecule has 126 valence electrons. The molecule has 0 aliphatic rings. The zero-order valence-corrected chi connectivity index (χ0v) is 14.8. The Bertz CT molecular complexity index is 987. The summed E-state index contributed by atoms with van der Waals surface area (Å²) in [5.74, 6) is -0.786. The van der Waals surface area contributed by atoms with Gasteiger partial charge in [0.05, 0.1) is 23.1 Å². The molecule has 1 amide bonds. The lowest BCUT2D eigenvalue weighted by atomic mass is 10.2. The van der Waals surface area contributed by atoms with E-state index in [9.17, 15) is 18.0 Å². The predicted molar refractivity (Wildman–Crippen MR) is 86.3 cm³/mol. The Kier molecular flexibility index (Phi) is 5.20. The predicted octanol–water partition coefficient (Wildman–Crippen LogP) is 0.111. The van der Waals surface area contributed by atoms with E-state index in [-0.39, 0.29) is 23.4 Å². The van der Waals surface area contributed by atoms with Crippen molar-refractivity contribution in [1.29, 1.82) is 5.26 Å². The topological polar surface area (TPSA) is 127 Å². The number of carbonyl (C=O) groups excluding carboxylic acids is 1. The largest absolute Gasteiger partial charge is 0.345 e. The fourth-order valence-corrected chi connectivity index (χ4v) is 3.55. The van der Waals surface area contributed by atoms with Crippen LogP contribution in [0.1, 0.15) is 12.0 Å². The van der Waals surface area contributed by atoms with Crippen molar-refractivity contribution >= 4 is 31.9 Å². The van der Waals surface area contributed by atoms with Gasteiger partial charge in [0.1, 0.15) is 6.33 Å². The number of nitrogens with zero attached hydrogens (tertiary/aromatic N) is 4. The molecule has 2 aromatic rings. The van der Waals surface area contributed by atoms with E-state index in [0.717, 1.165) is 10.7 Å². The minimum Gasteiger partial charge on any atom is -0.285 e. The Morgan fingerprint density at radius 2 is 2.12 bits per heavy atom. The van der Waals surface area contributed by atoms with Crippen LogP contribution in [0.2, 0.25) is 0 Å². The van der Waals surface area contributed by atoms with Crippen molar-refractivity contribution in [2.75, 3.05) is 0 Å². The fraction of sp³-hybridized carbons (Fsp3) is 0.231. The Balaban J connectivity index is 2.10. The van der Waals surface area contributed by atoms with Crippen LogP contribution in [0.4, 0.5) is 0 Å². The SMILES string of the molecule is Cn1cnn(CCC(=O)NS(=O)(=O)c2cc(Br)cc(C#N)c2)c1=O. The van der Waals surface area contributed by atoms with E-state index in [4.69, 9.17) is 5.26 Å². The van der Waals surface area contributed by atoms with E-state index in [1.165, 1.54) is 30.1 Å². The molecule has 0 spiro atoms. The Morgan fingerprint density at radius 3 is 2.71 bits per heavy atom. The summed E-state index contributed by atoms with van der Waals surface area (Å²) in [6.07, 6.45) is 1.05. The van der Waals surface area contributed by atoms with Crippen molar-refractivity contribution in [3.05, 3.63) is 45.0 Å². The van der Waals surface area contributed by atoms with Crippen LogP contribution in [0, 0.1) is 11.3 Å². The molecule has 11 heteroatoms. The number of aromatic nitrogens is 3. The minimum absolute atomic E-state index is 0.0526. The second-order valence-corrected chi connectivity index (χ2v) is 7.41. The highest BCUT2D eigenvalue weighted by Gasteiger charge is 2.19. The Morgan fingerprint density at radius 1 is 1.42 bits per heavy atom. The van der Waals surface area contributed by atoms with Gasteiger partial charge in [0.15, 0.2) is 0 Å². The maximum atomic E-state index is 12.2. The Labute approximate surface area is 145 Å². The normalized spacial score (nSPS) is 11.0. The molecule has 0 aliphatic heterocycles. The number of amides is 1. The van der Waals surface area contributed by atoms with Gasteiger partial charge in [0, 0.05) is 17.9 Å². The van der Waals surface area contributed by atoms with Crippen molar-refractivity contribution in [2.45, 2.75) is 17.9 Å². The average Bonchev–Trinajstić information content (AvgIpc) is 2.83. The van der Waals surface area contributed by atoms with Gasteiger partial charge in [0.25, 0.3) is 10.0 Å². The molecule has 0 bridgehead atoms. The first-order valence-electron chi connectivity index (χ1n) is 6.58. The molecule has 1 N–H and O–H groups in total. The number of halogens is 1. The zero-order chi connectivity index (χ0) is 17.9. The number of nitriles is 1. The average molecular weight is 414 g/mol. The summed E-state index contributed by atoms with van der Waals surface area (Å²) in [5, 5.41) is 12.6. The van der Waals surface area contributed by atoms with Gasteiger partial charge < -0.3 is 0 Å². The first kappa shape index (κ1) is 17.9. The summed E-state index contributed by atoms with van der Waals surface area (Å²) in [4.78, 5) is 23.2. The molecule has 9 nitrogen and oxygen atoms in total. The van der Waals surface area contributed by atoms with Crippen molar-refractivity contribution in [3.63, 3.8) is 0 Å². The van der Waals surface area contributed by atoms with E-state index in [1.807, 2.05) is 10.8 Å². The first-order valence-corrected chi connectivity index (χ1v) is 8.85. The third-order valence-corrected chi connectivity index (χ3v) is 4.81. The monoisotopic (exact) mass is 413 g/mol. The zero-order valence-electron chi connectivity index (χ0n) is 12.4. The second kappa shape index (κ2) is 6.98. The van der Waals surface area contributed by atoms with Crippen LogP contribution in [-0.4, -0.2) is 28.7 Å². The smallest absolute Gasteiger partial charge is 0.285 e. The molecular formula is C13H12BrN5O4S. The summed E-state index contributed by atoms with van der Waals surface area (Å²) in [5.41, 5.74) is -0.270. The molecule has 2 rings (SSSR count). The Hall–Kier alpha value is -2.45. The third kappa shape index (κ3) is 4.09. The fourth-order valence-electron chi connectivity index (χ4n) is 1.82. The highest BCUT2D eigenvalue weighted by atomic mass is 79.9. The van der Waals surface area contributed by atoms with Gasteiger partial charge in [0.2, 0.25) is 5.91 Å². The molecule has 1 aromatic heterocycles. The molecular weight excluding hydrogens is 402 g/mol. The van der Waals surface area contributed by atoms with E-state index in [0.29, 0.717) is 4.47 Å². The highest BCUT2D eigenvalue weighted by Crippen LogP contribution is 2.19. The van der Waals surface area contributed by atoms with E-state index < -0.39 is 21.6 Å². The van der Waals surface area contributed by atoms with Gasteiger partial charge in [-0.3, -0.25) is 9.36 Å². The maximum absolute atomic E-state index is 12.2. The summed E-state index contributed by atoms with van der Waals surface area (Å²) in [7, 11) is -2.61. The van der Waals surface area contributed by atoms with Gasteiger partial charge in [-0.25, -0.2) is 22.6 Å². The van der Waals surface area contributed by atoms with Gasteiger partial charge in [-0.05, 0) is 18.2 Å². The van der Waals surface area contributed by atoms with E-state index >= 15 is 0 Å². The van der Waals surface area contributed by atoms with Crippen molar-refractivity contribution < 1.29 is 13.2 Å². The van der Waals surface area contributed by atoms with Crippen molar-refractivity contribution in [1.82, 2.24) is 19.1 Å². The number of nitrogens with one attached hydrogen (secondary N) is 1.